The first-order valence-electron chi connectivity index (χ1n) is 8.09. The predicted octanol–water partition coefficient (Wildman–Crippen LogP) is 0.279. The SMILES string of the molecule is COc1cc(CNCCCCO)ccc1OCc1ccccc1F.[Cl-]. The van der Waals surface area contributed by atoms with Crippen LogP contribution in [0.1, 0.15) is 24.0 Å². The minimum Gasteiger partial charge on any atom is -1.00 e. The normalized spacial score (nSPS) is 10.2. The van der Waals surface area contributed by atoms with Crippen molar-refractivity contribution in [3.63, 3.8) is 0 Å². The Hall–Kier alpha value is -1.82. The van der Waals surface area contributed by atoms with Crippen LogP contribution in [0.5, 0.6) is 11.5 Å². The molecule has 0 amide bonds. The molecule has 138 valence electrons. The summed E-state index contributed by atoms with van der Waals surface area (Å²) in [4.78, 5) is 0. The van der Waals surface area contributed by atoms with Gasteiger partial charge in [0.15, 0.2) is 11.5 Å². The van der Waals surface area contributed by atoms with Crippen LogP contribution in [-0.2, 0) is 13.2 Å². The van der Waals surface area contributed by atoms with Gasteiger partial charge in [-0.2, -0.15) is 0 Å². The molecule has 0 unspecified atom stereocenters. The second-order valence-corrected chi connectivity index (χ2v) is 5.47. The largest absolute Gasteiger partial charge is 1.00 e. The Morgan fingerprint density at radius 2 is 1.88 bits per heavy atom. The topological polar surface area (TPSA) is 50.7 Å². The average molecular weight is 369 g/mol. The Morgan fingerprint density at radius 3 is 2.60 bits per heavy atom. The van der Waals surface area contributed by atoms with Gasteiger partial charge in [-0.15, -0.1) is 0 Å². The summed E-state index contributed by atoms with van der Waals surface area (Å²) in [6.07, 6.45) is 1.75. The van der Waals surface area contributed by atoms with Gasteiger partial charge in [0.2, 0.25) is 0 Å². The third-order valence-electron chi connectivity index (χ3n) is 3.66. The van der Waals surface area contributed by atoms with E-state index < -0.39 is 0 Å². The van der Waals surface area contributed by atoms with Gasteiger partial charge < -0.3 is 32.3 Å². The zero-order chi connectivity index (χ0) is 17.2. The van der Waals surface area contributed by atoms with Gasteiger partial charge in [-0.1, -0.05) is 24.3 Å². The van der Waals surface area contributed by atoms with Gasteiger partial charge in [0.1, 0.15) is 12.4 Å². The number of ether oxygens (including phenoxy) is 2. The second kappa shape index (κ2) is 11.7. The molecule has 2 rings (SSSR count). The van der Waals surface area contributed by atoms with Crippen molar-refractivity contribution in [2.45, 2.75) is 26.0 Å². The van der Waals surface area contributed by atoms with Crippen LogP contribution in [0.25, 0.3) is 0 Å². The summed E-state index contributed by atoms with van der Waals surface area (Å²) in [5.41, 5.74) is 1.59. The van der Waals surface area contributed by atoms with Gasteiger partial charge in [-0.25, -0.2) is 4.39 Å². The number of unbranched alkanes of at least 4 members (excludes halogenated alkanes) is 1. The Kier molecular flexibility index (Phi) is 9.92. The minimum absolute atomic E-state index is 0. The van der Waals surface area contributed by atoms with Crippen LogP contribution in [0.2, 0.25) is 0 Å². The lowest BCUT2D eigenvalue weighted by Crippen LogP contribution is -3.00. The molecule has 0 heterocycles. The summed E-state index contributed by atoms with van der Waals surface area (Å²) in [7, 11) is 1.59. The zero-order valence-electron chi connectivity index (χ0n) is 14.3. The van der Waals surface area contributed by atoms with Gasteiger partial charge in [0.05, 0.1) is 7.11 Å². The molecular formula is C19H24ClFNO3-. The summed E-state index contributed by atoms with van der Waals surface area (Å²) >= 11 is 0. The van der Waals surface area contributed by atoms with Gasteiger partial charge >= 0.3 is 0 Å². The molecule has 0 aliphatic heterocycles. The van der Waals surface area contributed by atoms with Crippen molar-refractivity contribution in [3.05, 3.63) is 59.4 Å². The number of nitrogens with one attached hydrogen (secondary N) is 1. The minimum atomic E-state index is -0.278. The quantitative estimate of drug-likeness (QED) is 0.591. The van der Waals surface area contributed by atoms with Crippen molar-refractivity contribution in [3.8, 4) is 11.5 Å². The molecule has 0 bridgehead atoms. The Labute approximate surface area is 154 Å². The number of methoxy groups -OCH3 is 1. The van der Waals surface area contributed by atoms with Crippen molar-refractivity contribution < 1.29 is 31.4 Å². The van der Waals surface area contributed by atoms with Gasteiger partial charge in [0.25, 0.3) is 0 Å². The Balaban J connectivity index is 0.00000312. The molecule has 25 heavy (non-hydrogen) atoms. The summed E-state index contributed by atoms with van der Waals surface area (Å²) < 4.78 is 24.7. The standard InChI is InChI=1S/C19H24FNO3.ClH/c1-23-19-12-15(13-21-10-4-5-11-22)8-9-18(19)24-14-16-6-2-3-7-17(16)20;/h2-3,6-9,12,21-22H,4-5,10-11,13-14H2,1H3;1H/p-1. The molecule has 4 nitrogen and oxygen atoms in total. The fraction of sp³-hybridized carbons (Fsp3) is 0.368. The highest BCUT2D eigenvalue weighted by atomic mass is 35.5. The molecule has 2 aromatic rings. The number of aliphatic hydroxyl groups excluding tert-OH is 1. The maximum atomic E-state index is 13.6. The number of aliphatic hydroxyl groups is 1. The van der Waals surface area contributed by atoms with E-state index in [9.17, 15) is 4.39 Å². The Bertz CT molecular complexity index is 640. The zero-order valence-corrected chi connectivity index (χ0v) is 15.1. The van der Waals surface area contributed by atoms with Crippen molar-refractivity contribution in [2.24, 2.45) is 0 Å². The van der Waals surface area contributed by atoms with Gasteiger partial charge in [-0.3, -0.25) is 0 Å². The van der Waals surface area contributed by atoms with Crippen LogP contribution in [0.3, 0.4) is 0 Å². The van der Waals surface area contributed by atoms with Crippen LogP contribution >= 0.6 is 0 Å². The lowest BCUT2D eigenvalue weighted by Gasteiger charge is -2.13. The molecule has 0 fully saturated rings. The molecule has 0 atom stereocenters. The van der Waals surface area contributed by atoms with Crippen LogP contribution in [0.4, 0.5) is 4.39 Å². The molecule has 0 saturated carbocycles. The molecule has 0 radical (unpaired) electrons. The molecule has 2 aromatic carbocycles. The number of benzene rings is 2. The van der Waals surface area contributed by atoms with Gasteiger partial charge in [0, 0.05) is 18.7 Å². The first-order chi connectivity index (χ1) is 11.7. The van der Waals surface area contributed by atoms with Crippen molar-refractivity contribution >= 4 is 0 Å². The predicted molar refractivity (Wildman–Crippen MR) is 91.8 cm³/mol. The Morgan fingerprint density at radius 1 is 1.08 bits per heavy atom. The molecule has 0 aliphatic carbocycles. The van der Waals surface area contributed by atoms with E-state index in [1.54, 1.807) is 25.3 Å². The number of halogens is 2. The van der Waals surface area contributed by atoms with E-state index in [0.29, 0.717) is 17.1 Å². The van der Waals surface area contributed by atoms with Crippen LogP contribution in [0, 0.1) is 5.82 Å². The number of hydrogen-bond acceptors (Lipinski definition) is 4. The van der Waals surface area contributed by atoms with Crippen LogP contribution < -0.4 is 27.2 Å². The molecular weight excluding hydrogens is 345 g/mol. The number of rotatable bonds is 10. The molecule has 0 aliphatic rings. The van der Waals surface area contributed by atoms with Crippen molar-refractivity contribution in [1.29, 1.82) is 0 Å². The smallest absolute Gasteiger partial charge is 0.161 e. The fourth-order valence-electron chi connectivity index (χ4n) is 2.31. The summed E-state index contributed by atoms with van der Waals surface area (Å²) in [5.74, 6) is 0.936. The van der Waals surface area contributed by atoms with Crippen molar-refractivity contribution in [1.82, 2.24) is 5.32 Å². The molecule has 6 heteroatoms. The lowest BCUT2D eigenvalue weighted by atomic mass is 10.2. The third-order valence-corrected chi connectivity index (χ3v) is 3.66. The summed E-state index contributed by atoms with van der Waals surface area (Å²) in [6.45, 7) is 1.95. The number of hydrogen-bond donors (Lipinski definition) is 2. The van der Waals surface area contributed by atoms with E-state index in [1.165, 1.54) is 6.07 Å². The summed E-state index contributed by atoms with van der Waals surface area (Å²) in [5, 5.41) is 12.1. The first-order valence-corrected chi connectivity index (χ1v) is 8.09. The van der Waals surface area contributed by atoms with E-state index in [-0.39, 0.29) is 31.4 Å². The maximum Gasteiger partial charge on any atom is 0.161 e. The van der Waals surface area contributed by atoms with E-state index in [2.05, 4.69) is 5.32 Å². The molecule has 0 spiro atoms. The highest BCUT2D eigenvalue weighted by molar-refractivity contribution is 5.43. The first kappa shape index (κ1) is 21.2. The molecule has 2 N–H and O–H groups in total. The van der Waals surface area contributed by atoms with Gasteiger partial charge in [-0.05, 0) is 43.1 Å². The van der Waals surface area contributed by atoms with E-state index in [0.717, 1.165) is 31.5 Å². The second-order valence-electron chi connectivity index (χ2n) is 5.47. The maximum absolute atomic E-state index is 13.6. The van der Waals surface area contributed by atoms with Crippen LogP contribution in [0.15, 0.2) is 42.5 Å². The third kappa shape index (κ3) is 6.90. The summed E-state index contributed by atoms with van der Waals surface area (Å²) in [6, 6.07) is 12.3. The monoisotopic (exact) mass is 368 g/mol. The highest BCUT2D eigenvalue weighted by Gasteiger charge is 2.08. The van der Waals surface area contributed by atoms with Crippen molar-refractivity contribution in [2.75, 3.05) is 20.3 Å². The molecule has 0 saturated heterocycles. The fourth-order valence-corrected chi connectivity index (χ4v) is 2.31. The average Bonchev–Trinajstić information content (AvgIpc) is 2.61. The lowest BCUT2D eigenvalue weighted by molar-refractivity contribution is -0.00000726. The van der Waals surface area contributed by atoms with E-state index in [4.69, 9.17) is 14.6 Å². The molecule has 0 aromatic heterocycles. The van der Waals surface area contributed by atoms with E-state index in [1.807, 2.05) is 18.2 Å². The van der Waals surface area contributed by atoms with E-state index >= 15 is 0 Å². The highest BCUT2D eigenvalue weighted by Crippen LogP contribution is 2.29. The van der Waals surface area contributed by atoms with Crippen LogP contribution in [-0.4, -0.2) is 25.4 Å².